The van der Waals surface area contributed by atoms with Crippen molar-refractivity contribution in [1.29, 1.82) is 0 Å². The normalized spacial score (nSPS) is 27.4. The van der Waals surface area contributed by atoms with Crippen LogP contribution in [0.15, 0.2) is 53.0 Å². The first-order chi connectivity index (χ1) is 10.3. The van der Waals surface area contributed by atoms with Crippen molar-refractivity contribution in [2.45, 2.75) is 25.0 Å². The number of benzene rings is 2. The molecule has 0 bridgehead atoms. The van der Waals surface area contributed by atoms with Crippen LogP contribution in [0.5, 0.6) is 0 Å². The van der Waals surface area contributed by atoms with Crippen molar-refractivity contribution < 1.29 is 4.74 Å². The van der Waals surface area contributed by atoms with Gasteiger partial charge in [-0.15, -0.1) is 0 Å². The zero-order valence-electron chi connectivity index (χ0n) is 11.8. The summed E-state index contributed by atoms with van der Waals surface area (Å²) in [6.07, 6.45) is 2.59. The molecule has 0 aromatic heterocycles. The summed E-state index contributed by atoms with van der Waals surface area (Å²) in [6, 6.07) is 17.6. The van der Waals surface area contributed by atoms with E-state index in [0.717, 1.165) is 17.5 Å². The Hall–Kier alpha value is -1.32. The fourth-order valence-corrected chi connectivity index (χ4v) is 3.88. The van der Waals surface area contributed by atoms with Crippen LogP contribution in [0.25, 0.3) is 0 Å². The summed E-state index contributed by atoms with van der Waals surface area (Å²) in [6.45, 7) is 0.878. The second-order valence-electron chi connectivity index (χ2n) is 5.86. The Bertz CT molecular complexity index is 640. The van der Waals surface area contributed by atoms with Crippen LogP contribution in [0.1, 0.15) is 36.1 Å². The molecule has 2 aliphatic rings. The Balaban J connectivity index is 1.76. The quantitative estimate of drug-likeness (QED) is 0.779. The van der Waals surface area contributed by atoms with Gasteiger partial charge < -0.3 is 10.1 Å². The van der Waals surface area contributed by atoms with Gasteiger partial charge in [-0.05, 0) is 36.6 Å². The van der Waals surface area contributed by atoms with Gasteiger partial charge in [0.15, 0.2) is 0 Å². The minimum atomic E-state index is 0.227. The maximum atomic E-state index is 6.13. The number of nitrogens with one attached hydrogen (secondary N) is 1. The van der Waals surface area contributed by atoms with E-state index in [2.05, 4.69) is 69.8 Å². The Labute approximate surface area is 133 Å². The van der Waals surface area contributed by atoms with Gasteiger partial charge in [-0.2, -0.15) is 0 Å². The van der Waals surface area contributed by atoms with Crippen molar-refractivity contribution in [3.05, 3.63) is 64.1 Å². The van der Waals surface area contributed by atoms with Gasteiger partial charge in [-0.1, -0.05) is 46.3 Å². The lowest BCUT2D eigenvalue weighted by atomic mass is 9.77. The van der Waals surface area contributed by atoms with Gasteiger partial charge in [0, 0.05) is 28.2 Å². The lowest BCUT2D eigenvalue weighted by molar-refractivity contribution is -0.0381. The molecule has 2 aromatic carbocycles. The largest absolute Gasteiger partial charge is 0.378 e. The maximum Gasteiger partial charge on any atom is 0.0895 e. The zero-order valence-corrected chi connectivity index (χ0v) is 13.3. The highest BCUT2D eigenvalue weighted by Crippen LogP contribution is 2.48. The van der Waals surface area contributed by atoms with Crippen LogP contribution >= 0.6 is 15.9 Å². The smallest absolute Gasteiger partial charge is 0.0895 e. The summed E-state index contributed by atoms with van der Waals surface area (Å²) in [5, 5.41) is 3.74. The Kier molecular flexibility index (Phi) is 3.48. The molecule has 2 aliphatic heterocycles. The van der Waals surface area contributed by atoms with Crippen LogP contribution in [0.4, 0.5) is 5.69 Å². The van der Waals surface area contributed by atoms with E-state index in [1.807, 2.05) is 0 Å². The molecule has 108 valence electrons. The standard InChI is InChI=1S/C18H18BrNO/c19-13-9-7-12(8-10-13)17-15-5-3-11-21-18(15)14-4-1-2-6-16(14)20-17/h1-2,4,6-10,15,17-18,20H,3,5,11H2/t15-,17-,18+/m0/s1. The van der Waals surface area contributed by atoms with Crippen molar-refractivity contribution in [3.8, 4) is 0 Å². The van der Waals surface area contributed by atoms with Crippen molar-refractivity contribution in [3.63, 3.8) is 0 Å². The third-order valence-corrected chi connectivity index (χ3v) is 5.13. The van der Waals surface area contributed by atoms with Gasteiger partial charge in [0.1, 0.15) is 0 Å². The first kappa shape index (κ1) is 13.4. The van der Waals surface area contributed by atoms with Crippen LogP contribution < -0.4 is 5.32 Å². The van der Waals surface area contributed by atoms with Gasteiger partial charge in [0.25, 0.3) is 0 Å². The second kappa shape index (κ2) is 5.47. The average Bonchev–Trinajstić information content (AvgIpc) is 2.55. The molecule has 4 rings (SSSR count). The number of rotatable bonds is 1. The van der Waals surface area contributed by atoms with Crippen molar-refractivity contribution in [2.75, 3.05) is 11.9 Å². The monoisotopic (exact) mass is 343 g/mol. The predicted molar refractivity (Wildman–Crippen MR) is 88.4 cm³/mol. The topological polar surface area (TPSA) is 21.3 Å². The molecule has 0 radical (unpaired) electrons. The molecule has 0 spiro atoms. The molecule has 0 unspecified atom stereocenters. The van der Waals surface area contributed by atoms with Crippen molar-refractivity contribution in [2.24, 2.45) is 5.92 Å². The molecule has 21 heavy (non-hydrogen) atoms. The van der Waals surface area contributed by atoms with Gasteiger partial charge in [-0.3, -0.25) is 0 Å². The maximum absolute atomic E-state index is 6.13. The summed E-state index contributed by atoms with van der Waals surface area (Å²) in [5.41, 5.74) is 3.87. The molecule has 1 fully saturated rings. The molecule has 0 saturated carbocycles. The number of hydrogen-bond acceptors (Lipinski definition) is 2. The van der Waals surface area contributed by atoms with Gasteiger partial charge in [0.2, 0.25) is 0 Å². The van der Waals surface area contributed by atoms with Gasteiger partial charge in [-0.25, -0.2) is 0 Å². The van der Waals surface area contributed by atoms with Gasteiger partial charge in [0.05, 0.1) is 12.1 Å². The molecule has 1 saturated heterocycles. The van der Waals surface area contributed by atoms with Crippen molar-refractivity contribution in [1.82, 2.24) is 0 Å². The molecule has 3 heteroatoms. The van der Waals surface area contributed by atoms with Crippen LogP contribution in [-0.4, -0.2) is 6.61 Å². The zero-order chi connectivity index (χ0) is 14.2. The number of halogens is 1. The van der Waals surface area contributed by atoms with E-state index in [-0.39, 0.29) is 6.10 Å². The molecule has 3 atom stereocenters. The lowest BCUT2D eigenvalue weighted by Crippen LogP contribution is -2.35. The highest BCUT2D eigenvalue weighted by molar-refractivity contribution is 9.10. The fourth-order valence-electron chi connectivity index (χ4n) is 3.62. The highest BCUT2D eigenvalue weighted by atomic mass is 79.9. The number of para-hydroxylation sites is 1. The van der Waals surface area contributed by atoms with Crippen molar-refractivity contribution >= 4 is 21.6 Å². The number of anilines is 1. The van der Waals surface area contributed by atoms with Gasteiger partial charge >= 0.3 is 0 Å². The summed E-state index contributed by atoms with van der Waals surface area (Å²) < 4.78 is 7.26. The van der Waals surface area contributed by atoms with E-state index in [1.165, 1.54) is 23.2 Å². The minimum absolute atomic E-state index is 0.227. The highest BCUT2D eigenvalue weighted by Gasteiger charge is 2.39. The predicted octanol–water partition coefficient (Wildman–Crippen LogP) is 5.08. The summed E-state index contributed by atoms with van der Waals surface area (Å²) in [7, 11) is 0. The first-order valence-corrected chi connectivity index (χ1v) is 8.35. The Morgan fingerprint density at radius 2 is 1.86 bits per heavy atom. The average molecular weight is 344 g/mol. The summed E-state index contributed by atoms with van der Waals surface area (Å²) in [4.78, 5) is 0. The molecule has 0 amide bonds. The summed E-state index contributed by atoms with van der Waals surface area (Å²) in [5.74, 6) is 0.509. The van der Waals surface area contributed by atoms with E-state index < -0.39 is 0 Å². The van der Waals surface area contributed by atoms with E-state index >= 15 is 0 Å². The van der Waals surface area contributed by atoms with Crippen LogP contribution in [0.2, 0.25) is 0 Å². The third kappa shape index (κ3) is 2.39. The molecular weight excluding hydrogens is 326 g/mol. The Morgan fingerprint density at radius 3 is 2.71 bits per heavy atom. The van der Waals surface area contributed by atoms with E-state index in [0.29, 0.717) is 12.0 Å². The van der Waals surface area contributed by atoms with Crippen LogP contribution in [0.3, 0.4) is 0 Å². The fraction of sp³-hybridized carbons (Fsp3) is 0.333. The van der Waals surface area contributed by atoms with Crippen LogP contribution in [-0.2, 0) is 4.74 Å². The minimum Gasteiger partial charge on any atom is -0.378 e. The van der Waals surface area contributed by atoms with Crippen LogP contribution in [0, 0.1) is 5.92 Å². The number of hydrogen-bond donors (Lipinski definition) is 1. The summed E-state index contributed by atoms with van der Waals surface area (Å²) >= 11 is 3.52. The SMILES string of the molecule is Brc1ccc([C@@H]2Nc3ccccc3[C@H]3OCCC[C@H]32)cc1. The molecule has 2 heterocycles. The molecule has 2 nitrogen and oxygen atoms in total. The number of ether oxygens (including phenoxy) is 1. The third-order valence-electron chi connectivity index (χ3n) is 4.60. The molecular formula is C18H18BrNO. The molecule has 2 aromatic rings. The first-order valence-electron chi connectivity index (χ1n) is 7.55. The lowest BCUT2D eigenvalue weighted by Gasteiger charge is -2.43. The number of fused-ring (bicyclic) bond motifs is 3. The second-order valence-corrected chi connectivity index (χ2v) is 6.77. The Morgan fingerprint density at radius 1 is 1.05 bits per heavy atom. The van der Waals surface area contributed by atoms with E-state index in [9.17, 15) is 0 Å². The molecule has 0 aliphatic carbocycles. The van der Waals surface area contributed by atoms with E-state index in [4.69, 9.17) is 4.74 Å². The molecule has 1 N–H and O–H groups in total. The van der Waals surface area contributed by atoms with E-state index in [1.54, 1.807) is 0 Å².